The molecule has 0 atom stereocenters. The average molecular weight is 273 g/mol. The maximum absolute atomic E-state index is 11.8. The summed E-state index contributed by atoms with van der Waals surface area (Å²) in [6.45, 7) is 5.55. The van der Waals surface area contributed by atoms with Gasteiger partial charge < -0.3 is 10.1 Å². The van der Waals surface area contributed by atoms with Crippen LogP contribution in [0.15, 0.2) is 0 Å². The lowest BCUT2D eigenvalue weighted by Crippen LogP contribution is -2.33. The third kappa shape index (κ3) is 13.3. The molecule has 3 nitrogen and oxygen atoms in total. The van der Waals surface area contributed by atoms with Gasteiger partial charge in [0, 0.05) is 12.3 Å². The molecular weight excluding hydrogens is 255 g/mol. The zero-order chi connectivity index (χ0) is 13.5. The lowest BCUT2D eigenvalue weighted by Gasteiger charge is -2.19. The summed E-state index contributed by atoms with van der Waals surface area (Å²) >= 11 is -0.0415. The van der Waals surface area contributed by atoms with E-state index < -0.39 is 17.2 Å². The fraction of sp³-hybridized carbons (Fsp3) is 0.900. The molecule has 7 heteroatoms. The van der Waals surface area contributed by atoms with E-state index in [1.165, 1.54) is 0 Å². The van der Waals surface area contributed by atoms with Crippen LogP contribution < -0.4 is 5.32 Å². The van der Waals surface area contributed by atoms with Gasteiger partial charge in [0.25, 0.3) is 0 Å². The second-order valence-corrected chi connectivity index (χ2v) is 5.59. The van der Waals surface area contributed by atoms with Crippen molar-refractivity contribution in [3.63, 3.8) is 0 Å². The second kappa shape index (κ2) is 6.98. The number of rotatable bonds is 5. The van der Waals surface area contributed by atoms with E-state index in [1.807, 2.05) is 0 Å². The molecule has 0 bridgehead atoms. The van der Waals surface area contributed by atoms with Crippen LogP contribution >= 0.6 is 11.8 Å². The van der Waals surface area contributed by atoms with Gasteiger partial charge in [-0.25, -0.2) is 4.79 Å². The summed E-state index contributed by atoms with van der Waals surface area (Å²) in [5.41, 5.74) is -4.73. The highest BCUT2D eigenvalue weighted by molar-refractivity contribution is 8.00. The molecule has 0 fully saturated rings. The standard InChI is InChI=1S/C10H18F3NO2S/c1-9(2,3)16-8(15)14-6-4-5-7-17-10(11,12)13/h4-7H2,1-3H3,(H,14,15). The van der Waals surface area contributed by atoms with Crippen molar-refractivity contribution in [3.05, 3.63) is 0 Å². The monoisotopic (exact) mass is 273 g/mol. The maximum Gasteiger partial charge on any atom is 0.441 e. The van der Waals surface area contributed by atoms with Gasteiger partial charge in [-0.2, -0.15) is 13.2 Å². The molecule has 0 aliphatic heterocycles. The van der Waals surface area contributed by atoms with E-state index in [1.54, 1.807) is 20.8 Å². The first kappa shape index (κ1) is 16.4. The first-order valence-electron chi connectivity index (χ1n) is 5.28. The number of halogens is 3. The SMILES string of the molecule is CC(C)(C)OC(=O)NCCCCSC(F)(F)F. The molecule has 0 aromatic carbocycles. The van der Waals surface area contributed by atoms with Crippen molar-refractivity contribution < 1.29 is 22.7 Å². The van der Waals surface area contributed by atoms with Gasteiger partial charge in [-0.15, -0.1) is 0 Å². The lowest BCUT2D eigenvalue weighted by atomic mass is 10.2. The quantitative estimate of drug-likeness (QED) is 0.779. The average Bonchev–Trinajstić information content (AvgIpc) is 2.06. The van der Waals surface area contributed by atoms with E-state index in [4.69, 9.17) is 4.74 Å². The molecule has 0 aromatic rings. The zero-order valence-electron chi connectivity index (χ0n) is 10.2. The second-order valence-electron chi connectivity index (χ2n) is 4.43. The van der Waals surface area contributed by atoms with Gasteiger partial charge in [0.15, 0.2) is 0 Å². The molecule has 102 valence electrons. The molecule has 0 heterocycles. The number of amides is 1. The minimum Gasteiger partial charge on any atom is -0.444 e. The van der Waals surface area contributed by atoms with E-state index >= 15 is 0 Å². The number of unbranched alkanes of at least 4 members (excludes halogenated alkanes) is 1. The Morgan fingerprint density at radius 1 is 1.24 bits per heavy atom. The first-order valence-corrected chi connectivity index (χ1v) is 6.26. The normalized spacial score (nSPS) is 12.4. The molecular formula is C10H18F3NO2S. The molecule has 0 rings (SSSR count). The molecule has 0 spiro atoms. The van der Waals surface area contributed by atoms with Crippen LogP contribution in [0.25, 0.3) is 0 Å². The molecule has 0 saturated heterocycles. The van der Waals surface area contributed by atoms with Gasteiger partial charge >= 0.3 is 11.6 Å². The summed E-state index contributed by atoms with van der Waals surface area (Å²) in [6.07, 6.45) is 0.364. The largest absolute Gasteiger partial charge is 0.444 e. The number of carbonyl (C=O) groups is 1. The van der Waals surface area contributed by atoms with Gasteiger partial charge in [0.1, 0.15) is 5.60 Å². The Labute approximate surface area is 103 Å². The van der Waals surface area contributed by atoms with Crippen LogP contribution in [0.1, 0.15) is 33.6 Å². The van der Waals surface area contributed by atoms with Crippen LogP contribution in [-0.2, 0) is 4.74 Å². The summed E-state index contributed by atoms with van der Waals surface area (Å²) in [5, 5.41) is 2.49. The van der Waals surface area contributed by atoms with E-state index in [0.29, 0.717) is 19.4 Å². The lowest BCUT2D eigenvalue weighted by molar-refractivity contribution is -0.0328. The van der Waals surface area contributed by atoms with Crippen molar-refractivity contribution in [2.75, 3.05) is 12.3 Å². The molecule has 0 aromatic heterocycles. The summed E-state index contributed by atoms with van der Waals surface area (Å²) in [6, 6.07) is 0. The highest BCUT2D eigenvalue weighted by Gasteiger charge is 2.27. The van der Waals surface area contributed by atoms with E-state index in [-0.39, 0.29) is 17.5 Å². The smallest absolute Gasteiger partial charge is 0.441 e. The zero-order valence-corrected chi connectivity index (χ0v) is 11.0. The Morgan fingerprint density at radius 3 is 2.29 bits per heavy atom. The highest BCUT2D eigenvalue weighted by Crippen LogP contribution is 2.30. The maximum atomic E-state index is 11.8. The fourth-order valence-electron chi connectivity index (χ4n) is 0.920. The van der Waals surface area contributed by atoms with Crippen LogP contribution in [0.2, 0.25) is 0 Å². The van der Waals surface area contributed by atoms with Crippen LogP contribution in [0.5, 0.6) is 0 Å². The Bertz CT molecular complexity index is 239. The number of nitrogens with one attached hydrogen (secondary N) is 1. The van der Waals surface area contributed by atoms with Crippen molar-refractivity contribution >= 4 is 17.9 Å². The van der Waals surface area contributed by atoms with Crippen molar-refractivity contribution in [1.82, 2.24) is 5.32 Å². The number of hydrogen-bond acceptors (Lipinski definition) is 3. The van der Waals surface area contributed by atoms with E-state index in [9.17, 15) is 18.0 Å². The number of hydrogen-bond donors (Lipinski definition) is 1. The van der Waals surface area contributed by atoms with Gasteiger partial charge in [0.05, 0.1) is 0 Å². The number of carbonyl (C=O) groups excluding carboxylic acids is 1. The molecule has 0 radical (unpaired) electrons. The predicted molar refractivity (Wildman–Crippen MR) is 62.0 cm³/mol. The van der Waals surface area contributed by atoms with Crippen LogP contribution in [0, 0.1) is 0 Å². The molecule has 1 N–H and O–H groups in total. The third-order valence-corrected chi connectivity index (χ3v) is 2.33. The van der Waals surface area contributed by atoms with Crippen molar-refractivity contribution in [2.45, 2.75) is 44.7 Å². The molecule has 1 amide bonds. The van der Waals surface area contributed by atoms with Gasteiger partial charge in [0.2, 0.25) is 0 Å². The first-order chi connectivity index (χ1) is 7.60. The number of alkyl halides is 3. The molecule has 0 aliphatic rings. The topological polar surface area (TPSA) is 38.3 Å². The molecule has 0 saturated carbocycles. The molecule has 0 unspecified atom stereocenters. The van der Waals surface area contributed by atoms with Gasteiger partial charge in [-0.05, 0) is 33.6 Å². The van der Waals surface area contributed by atoms with Crippen LogP contribution in [0.4, 0.5) is 18.0 Å². The molecule has 0 aliphatic carbocycles. The molecule has 17 heavy (non-hydrogen) atoms. The summed E-state index contributed by atoms with van der Waals surface area (Å²) in [5.74, 6) is 0.0134. The summed E-state index contributed by atoms with van der Waals surface area (Å²) in [7, 11) is 0. The minimum absolute atomic E-state index is 0.0134. The van der Waals surface area contributed by atoms with E-state index in [0.717, 1.165) is 0 Å². The Hall–Kier alpha value is -0.590. The predicted octanol–water partition coefficient (Wildman–Crippen LogP) is 3.54. The van der Waals surface area contributed by atoms with Crippen molar-refractivity contribution in [1.29, 1.82) is 0 Å². The minimum atomic E-state index is -4.17. The van der Waals surface area contributed by atoms with E-state index in [2.05, 4.69) is 5.32 Å². The number of ether oxygens (including phenoxy) is 1. The van der Waals surface area contributed by atoms with Crippen LogP contribution in [0.3, 0.4) is 0 Å². The van der Waals surface area contributed by atoms with Crippen LogP contribution in [-0.4, -0.2) is 29.5 Å². The Balaban J connectivity index is 3.44. The Kier molecular flexibility index (Phi) is 6.74. The third-order valence-electron chi connectivity index (χ3n) is 1.51. The van der Waals surface area contributed by atoms with Crippen molar-refractivity contribution in [2.24, 2.45) is 0 Å². The van der Waals surface area contributed by atoms with Crippen molar-refractivity contribution in [3.8, 4) is 0 Å². The highest BCUT2D eigenvalue weighted by atomic mass is 32.2. The summed E-state index contributed by atoms with van der Waals surface area (Å²) < 4.78 is 40.2. The summed E-state index contributed by atoms with van der Waals surface area (Å²) in [4.78, 5) is 11.1. The Morgan fingerprint density at radius 2 is 1.82 bits per heavy atom. The van der Waals surface area contributed by atoms with Gasteiger partial charge in [-0.1, -0.05) is 11.8 Å². The van der Waals surface area contributed by atoms with Gasteiger partial charge in [-0.3, -0.25) is 0 Å². The fourth-order valence-corrected chi connectivity index (χ4v) is 1.50. The number of alkyl carbamates (subject to hydrolysis) is 1. The number of thioether (sulfide) groups is 1.